The number of hydrogen-bond donors (Lipinski definition) is 1. The van der Waals surface area contributed by atoms with E-state index in [1.807, 2.05) is 80.7 Å². The van der Waals surface area contributed by atoms with Gasteiger partial charge >= 0.3 is 5.97 Å². The summed E-state index contributed by atoms with van der Waals surface area (Å²) < 4.78 is 6.76. The molecule has 0 spiro atoms. The molecule has 0 unspecified atom stereocenters. The molecule has 40 heavy (non-hydrogen) atoms. The standard InChI is InChI=1S/C30H27N3O4S3/c1-5-37-29(36)24-18(3)19(4)40-27(24)31-23(34)16-39-30-32-26-25(28(35)33(30)21-9-7-6-8-10-21)22(15-38-26)20-13-11-17(2)12-14-20/h6-15H,5,16H2,1-4H3,(H,31,34). The molecule has 0 fully saturated rings. The van der Waals surface area contributed by atoms with E-state index in [1.54, 1.807) is 11.5 Å². The number of para-hydroxylation sites is 1. The summed E-state index contributed by atoms with van der Waals surface area (Å²) in [5.41, 5.74) is 4.58. The summed E-state index contributed by atoms with van der Waals surface area (Å²) in [7, 11) is 0. The SMILES string of the molecule is CCOC(=O)c1c(NC(=O)CSc2nc3scc(-c4ccc(C)cc4)c3c(=O)n2-c2ccccc2)sc(C)c1C. The molecule has 5 aromatic rings. The van der Waals surface area contributed by atoms with Gasteiger partial charge in [-0.25, -0.2) is 9.78 Å². The molecule has 204 valence electrons. The lowest BCUT2D eigenvalue weighted by Gasteiger charge is -2.13. The molecule has 0 saturated carbocycles. The fourth-order valence-electron chi connectivity index (χ4n) is 4.28. The maximum Gasteiger partial charge on any atom is 0.341 e. The predicted molar refractivity (Wildman–Crippen MR) is 164 cm³/mol. The van der Waals surface area contributed by atoms with Crippen LogP contribution in [0.25, 0.3) is 27.0 Å². The van der Waals surface area contributed by atoms with Crippen LogP contribution in [0.5, 0.6) is 0 Å². The van der Waals surface area contributed by atoms with Crippen LogP contribution in [0.15, 0.2) is 69.9 Å². The average Bonchev–Trinajstić information content (AvgIpc) is 3.49. The number of fused-ring (bicyclic) bond motifs is 1. The van der Waals surface area contributed by atoms with Crippen LogP contribution in [0.4, 0.5) is 5.00 Å². The number of benzene rings is 2. The highest BCUT2D eigenvalue weighted by atomic mass is 32.2. The van der Waals surface area contributed by atoms with Crippen molar-refractivity contribution in [3.8, 4) is 16.8 Å². The van der Waals surface area contributed by atoms with E-state index in [2.05, 4.69) is 5.32 Å². The Morgan fingerprint density at radius 2 is 1.77 bits per heavy atom. The third-order valence-corrected chi connectivity index (χ3v) is 9.34. The second kappa shape index (κ2) is 11.8. The van der Waals surface area contributed by atoms with E-state index in [1.165, 1.54) is 34.4 Å². The van der Waals surface area contributed by atoms with Gasteiger partial charge in [-0.15, -0.1) is 22.7 Å². The summed E-state index contributed by atoms with van der Waals surface area (Å²) in [5.74, 6) is -0.768. The second-order valence-electron chi connectivity index (χ2n) is 9.11. The highest BCUT2D eigenvalue weighted by molar-refractivity contribution is 7.99. The number of carbonyl (C=O) groups is 2. The van der Waals surface area contributed by atoms with Gasteiger partial charge in [0, 0.05) is 15.8 Å². The van der Waals surface area contributed by atoms with E-state index < -0.39 is 5.97 Å². The molecule has 7 nitrogen and oxygen atoms in total. The molecule has 1 N–H and O–H groups in total. The number of nitrogens with zero attached hydrogens (tertiary/aromatic N) is 2. The first kappa shape index (κ1) is 27.8. The van der Waals surface area contributed by atoms with Crippen LogP contribution in [-0.4, -0.2) is 33.8 Å². The number of aromatic nitrogens is 2. The highest BCUT2D eigenvalue weighted by Gasteiger charge is 2.23. The van der Waals surface area contributed by atoms with E-state index in [4.69, 9.17) is 9.72 Å². The normalized spacial score (nSPS) is 11.1. The molecular formula is C30H27N3O4S3. The van der Waals surface area contributed by atoms with Gasteiger partial charge in [-0.2, -0.15) is 0 Å². The number of thiophene rings is 2. The van der Waals surface area contributed by atoms with Crippen LogP contribution >= 0.6 is 34.4 Å². The topological polar surface area (TPSA) is 90.3 Å². The van der Waals surface area contributed by atoms with Crippen LogP contribution in [-0.2, 0) is 9.53 Å². The highest BCUT2D eigenvalue weighted by Crippen LogP contribution is 2.35. The maximum absolute atomic E-state index is 14.0. The minimum Gasteiger partial charge on any atom is -0.462 e. The molecule has 2 aromatic carbocycles. The molecule has 10 heteroatoms. The Balaban J connectivity index is 1.49. The number of amides is 1. The van der Waals surface area contributed by atoms with Gasteiger partial charge in [0.05, 0.1) is 29.0 Å². The Bertz CT molecular complexity index is 1770. The smallest absolute Gasteiger partial charge is 0.341 e. The molecule has 3 heterocycles. The number of thioether (sulfide) groups is 1. The van der Waals surface area contributed by atoms with Crippen LogP contribution in [0.1, 0.15) is 33.3 Å². The Hall–Kier alpha value is -3.73. The molecular weight excluding hydrogens is 563 g/mol. The number of hydrogen-bond acceptors (Lipinski definition) is 8. The zero-order valence-corrected chi connectivity index (χ0v) is 24.9. The van der Waals surface area contributed by atoms with Gasteiger partial charge in [-0.3, -0.25) is 14.2 Å². The average molecular weight is 590 g/mol. The number of nitrogens with one attached hydrogen (secondary N) is 1. The lowest BCUT2D eigenvalue weighted by molar-refractivity contribution is -0.113. The summed E-state index contributed by atoms with van der Waals surface area (Å²) in [6.07, 6.45) is 0. The Morgan fingerprint density at radius 3 is 2.48 bits per heavy atom. The first-order valence-corrected chi connectivity index (χ1v) is 15.3. The molecule has 5 rings (SSSR count). The maximum atomic E-state index is 14.0. The zero-order valence-electron chi connectivity index (χ0n) is 22.4. The first-order valence-electron chi connectivity index (χ1n) is 12.6. The van der Waals surface area contributed by atoms with E-state index in [0.29, 0.717) is 31.6 Å². The Labute approximate surface area is 243 Å². The summed E-state index contributed by atoms with van der Waals surface area (Å²) in [5, 5.41) is 6.26. The quantitative estimate of drug-likeness (QED) is 0.119. The fraction of sp³-hybridized carbons (Fsp3) is 0.200. The fourth-order valence-corrected chi connectivity index (χ4v) is 7.14. The zero-order chi connectivity index (χ0) is 28.4. The Morgan fingerprint density at radius 1 is 1.05 bits per heavy atom. The molecule has 0 aliphatic rings. The van der Waals surface area contributed by atoms with Crippen LogP contribution in [0.3, 0.4) is 0 Å². The van der Waals surface area contributed by atoms with Crippen LogP contribution < -0.4 is 10.9 Å². The third-order valence-electron chi connectivity index (χ3n) is 6.40. The lowest BCUT2D eigenvalue weighted by atomic mass is 10.1. The van der Waals surface area contributed by atoms with Gasteiger partial charge in [0.15, 0.2) is 5.16 Å². The third kappa shape index (κ3) is 5.47. The van der Waals surface area contributed by atoms with E-state index >= 15 is 0 Å². The van der Waals surface area contributed by atoms with Crippen molar-refractivity contribution in [3.05, 3.63) is 91.9 Å². The number of rotatable bonds is 8. The van der Waals surface area contributed by atoms with Crippen molar-refractivity contribution in [1.29, 1.82) is 0 Å². The number of esters is 1. The minimum absolute atomic E-state index is 0.000759. The van der Waals surface area contributed by atoms with Gasteiger partial charge < -0.3 is 10.1 Å². The first-order chi connectivity index (χ1) is 19.3. The summed E-state index contributed by atoms with van der Waals surface area (Å²) in [4.78, 5) is 46.0. The van der Waals surface area contributed by atoms with Crippen molar-refractivity contribution in [2.24, 2.45) is 0 Å². The van der Waals surface area contributed by atoms with Gasteiger partial charge in [-0.1, -0.05) is 59.8 Å². The Kier molecular flexibility index (Phi) is 8.20. The number of anilines is 1. The van der Waals surface area contributed by atoms with Crippen molar-refractivity contribution in [2.45, 2.75) is 32.9 Å². The van der Waals surface area contributed by atoms with Gasteiger partial charge in [0.1, 0.15) is 9.83 Å². The van der Waals surface area contributed by atoms with E-state index in [-0.39, 0.29) is 23.8 Å². The second-order valence-corrected chi connectivity index (χ2v) is 12.1. The molecule has 0 bridgehead atoms. The largest absolute Gasteiger partial charge is 0.462 e. The minimum atomic E-state index is -0.459. The van der Waals surface area contributed by atoms with Crippen molar-refractivity contribution >= 4 is 61.5 Å². The number of aryl methyl sites for hydroxylation is 2. The van der Waals surface area contributed by atoms with Crippen LogP contribution in [0, 0.1) is 20.8 Å². The van der Waals surface area contributed by atoms with Crippen molar-refractivity contribution in [3.63, 3.8) is 0 Å². The molecule has 0 atom stereocenters. The summed E-state index contributed by atoms with van der Waals surface area (Å²) in [6, 6.07) is 17.4. The summed E-state index contributed by atoms with van der Waals surface area (Å²) >= 11 is 3.92. The number of ether oxygens (including phenoxy) is 1. The van der Waals surface area contributed by atoms with Crippen molar-refractivity contribution in [2.75, 3.05) is 17.7 Å². The summed E-state index contributed by atoms with van der Waals surface area (Å²) in [6.45, 7) is 7.75. The molecule has 0 radical (unpaired) electrons. The molecule has 0 aliphatic heterocycles. The molecule has 0 aliphatic carbocycles. The monoisotopic (exact) mass is 589 g/mol. The van der Waals surface area contributed by atoms with Gasteiger partial charge in [-0.05, 0) is 51.0 Å². The van der Waals surface area contributed by atoms with E-state index in [0.717, 1.165) is 27.1 Å². The van der Waals surface area contributed by atoms with Crippen molar-refractivity contribution in [1.82, 2.24) is 9.55 Å². The molecule has 3 aromatic heterocycles. The molecule has 0 saturated heterocycles. The lowest BCUT2D eigenvalue weighted by Crippen LogP contribution is -2.23. The van der Waals surface area contributed by atoms with Gasteiger partial charge in [0.25, 0.3) is 5.56 Å². The van der Waals surface area contributed by atoms with E-state index in [9.17, 15) is 14.4 Å². The van der Waals surface area contributed by atoms with Crippen LogP contribution in [0.2, 0.25) is 0 Å². The predicted octanol–water partition coefficient (Wildman–Crippen LogP) is 7.01. The van der Waals surface area contributed by atoms with Gasteiger partial charge in [0.2, 0.25) is 5.91 Å². The molecule has 1 amide bonds. The van der Waals surface area contributed by atoms with Crippen molar-refractivity contribution < 1.29 is 14.3 Å². The number of carbonyl (C=O) groups excluding carboxylic acids is 2.